The van der Waals surface area contributed by atoms with Crippen LogP contribution in [0.15, 0.2) is 143 Å². The van der Waals surface area contributed by atoms with E-state index < -0.39 is 5.43 Å². The van der Waals surface area contributed by atoms with Crippen LogP contribution < -0.4 is 5.43 Å². The van der Waals surface area contributed by atoms with Gasteiger partial charge in [-0.05, 0) is 72.3 Å². The third-order valence-electron chi connectivity index (χ3n) is 10.5. The molecule has 0 saturated heterocycles. The molecule has 0 unspecified atom stereocenters. The number of Topliss-reactive ketones (excluding diaryl/α,β-unsaturated/α-hetero) is 1. The Balaban J connectivity index is 0.00000199. The first-order chi connectivity index (χ1) is 31.0. The second-order valence-corrected chi connectivity index (χ2v) is 16.2. The molecule has 1 N–H and O–H groups in total. The van der Waals surface area contributed by atoms with Crippen molar-refractivity contribution in [3.05, 3.63) is 194 Å². The van der Waals surface area contributed by atoms with Crippen LogP contribution in [0.2, 0.25) is 10.0 Å². The Hall–Kier alpha value is -6.92. The van der Waals surface area contributed by atoms with E-state index >= 15 is 0 Å². The Morgan fingerprint density at radius 1 is 0.656 bits per heavy atom. The number of pyridine rings is 4. The molecule has 0 amide bonds. The number of ketones is 1. The van der Waals surface area contributed by atoms with Crippen LogP contribution in [-0.4, -0.2) is 46.8 Å². The summed E-state index contributed by atoms with van der Waals surface area (Å²) in [5, 5.41) is 12.6. The Morgan fingerprint density at radius 2 is 1.14 bits per heavy atom. The number of rotatable bonds is 15. The molecule has 0 saturated carbocycles. The Bertz CT molecular complexity index is 2850. The van der Waals surface area contributed by atoms with Gasteiger partial charge in [-0.3, -0.25) is 39.3 Å². The van der Waals surface area contributed by atoms with Gasteiger partial charge in [-0.1, -0.05) is 79.5 Å². The Kier molecular flexibility index (Phi) is 14.8. The van der Waals surface area contributed by atoms with Gasteiger partial charge in [0.1, 0.15) is 17.1 Å². The number of aromatic hydroxyl groups is 1. The van der Waals surface area contributed by atoms with Gasteiger partial charge < -0.3 is 9.52 Å². The number of phenols is 1. The van der Waals surface area contributed by atoms with Crippen LogP contribution in [-0.2, 0) is 48.9 Å². The minimum atomic E-state index is -0.398. The van der Waals surface area contributed by atoms with Gasteiger partial charge in [0.25, 0.3) is 0 Å². The summed E-state index contributed by atoms with van der Waals surface area (Å²) in [6.45, 7) is 5.60. The number of nitrogens with zero attached hydrogens (tertiary/aromatic N) is 6. The second kappa shape index (κ2) is 21.0. The standard InChI is InChI=1S/C49H42Cl2N6O4.CO2/c1-31(2)45(58)33-13-11-12-32(22-33)44-38-23-42(50)46(59)40(29-56(25-34-14-3-7-18-52-34)26-35-15-4-8-19-53-35)48(38)61-49-39(44)24-43(51)47(60)41(49)30-57(27-36-16-5-9-20-54-36)28-37-17-6-10-21-55-37;2-1-3/h3-24,31,59H,25-30H2,1-2H3;. The van der Waals surface area contributed by atoms with Gasteiger partial charge in [0.15, 0.2) is 5.78 Å². The predicted molar refractivity (Wildman–Crippen MR) is 243 cm³/mol. The molecule has 0 radical (unpaired) electrons. The fourth-order valence-corrected chi connectivity index (χ4v) is 8.07. The monoisotopic (exact) mass is 892 g/mol. The zero-order chi connectivity index (χ0) is 45.2. The number of fused-ring (bicyclic) bond motifs is 2. The average Bonchev–Trinajstić information content (AvgIpc) is 3.30. The minimum absolute atomic E-state index is 0.00493. The van der Waals surface area contributed by atoms with E-state index in [1.165, 1.54) is 0 Å². The number of aromatic nitrogens is 4. The molecule has 0 atom stereocenters. The first-order valence-corrected chi connectivity index (χ1v) is 21.1. The molecular formula is C50H42Cl2N6O6. The van der Waals surface area contributed by atoms with Gasteiger partial charge in [0.2, 0.25) is 5.43 Å². The van der Waals surface area contributed by atoms with Gasteiger partial charge in [-0.2, -0.15) is 9.59 Å². The van der Waals surface area contributed by atoms with Crippen molar-refractivity contribution < 1.29 is 23.9 Å². The summed E-state index contributed by atoms with van der Waals surface area (Å²) >= 11 is 13.9. The molecule has 6 aromatic rings. The Morgan fingerprint density at radius 3 is 1.59 bits per heavy atom. The molecule has 1 aliphatic carbocycles. The highest BCUT2D eigenvalue weighted by Crippen LogP contribution is 2.47. The normalized spacial score (nSPS) is 11.2. The lowest BCUT2D eigenvalue weighted by Gasteiger charge is -2.26. The lowest BCUT2D eigenvalue weighted by atomic mass is 9.89. The van der Waals surface area contributed by atoms with Crippen LogP contribution in [0, 0.1) is 5.92 Å². The lowest BCUT2D eigenvalue weighted by Crippen LogP contribution is -2.27. The fourth-order valence-electron chi connectivity index (χ4n) is 7.62. The largest absolute Gasteiger partial charge is 0.506 e. The molecule has 14 heteroatoms. The van der Waals surface area contributed by atoms with Crippen LogP contribution in [0.1, 0.15) is 58.1 Å². The molecule has 0 bridgehead atoms. The van der Waals surface area contributed by atoms with E-state index in [-0.39, 0.29) is 52.5 Å². The zero-order valence-corrected chi connectivity index (χ0v) is 36.5. The van der Waals surface area contributed by atoms with Crippen LogP contribution in [0.3, 0.4) is 0 Å². The van der Waals surface area contributed by atoms with Crippen molar-refractivity contribution in [2.75, 3.05) is 0 Å². The number of benzene rings is 3. The van der Waals surface area contributed by atoms with E-state index in [0.29, 0.717) is 70.5 Å². The average molecular weight is 894 g/mol. The van der Waals surface area contributed by atoms with Crippen molar-refractivity contribution in [3.8, 4) is 28.2 Å². The summed E-state index contributed by atoms with van der Waals surface area (Å²) in [6.07, 6.45) is 7.20. The summed E-state index contributed by atoms with van der Waals surface area (Å²) in [4.78, 5) is 66.6. The first-order valence-electron chi connectivity index (χ1n) is 20.3. The van der Waals surface area contributed by atoms with Crippen molar-refractivity contribution >= 4 is 46.1 Å². The van der Waals surface area contributed by atoms with E-state index in [9.17, 15) is 14.7 Å². The van der Waals surface area contributed by atoms with Gasteiger partial charge >= 0.3 is 6.15 Å². The topological polar surface area (TPSA) is 160 Å². The highest BCUT2D eigenvalue weighted by molar-refractivity contribution is 6.33. The van der Waals surface area contributed by atoms with Crippen molar-refractivity contribution in [2.45, 2.75) is 53.1 Å². The third-order valence-corrected chi connectivity index (χ3v) is 11.1. The molecule has 322 valence electrons. The third kappa shape index (κ3) is 10.6. The molecule has 2 aliphatic rings. The number of phenolic OH excluding ortho intramolecular Hbond substituents is 1. The Labute approximate surface area is 379 Å². The van der Waals surface area contributed by atoms with E-state index in [2.05, 4.69) is 29.7 Å². The molecule has 4 aromatic heterocycles. The highest BCUT2D eigenvalue weighted by Gasteiger charge is 2.29. The molecule has 1 aliphatic heterocycles. The maximum Gasteiger partial charge on any atom is 0.373 e. The zero-order valence-electron chi connectivity index (χ0n) is 34.9. The van der Waals surface area contributed by atoms with Gasteiger partial charge in [0.05, 0.1) is 43.9 Å². The molecule has 0 fully saturated rings. The van der Waals surface area contributed by atoms with Crippen LogP contribution in [0.25, 0.3) is 33.4 Å². The summed E-state index contributed by atoms with van der Waals surface area (Å²) in [7, 11) is 0. The molecule has 0 spiro atoms. The van der Waals surface area contributed by atoms with E-state index in [4.69, 9.17) is 37.2 Å². The number of hydrogen-bond acceptors (Lipinski definition) is 12. The predicted octanol–water partition coefficient (Wildman–Crippen LogP) is 9.82. The molecular weight excluding hydrogens is 851 g/mol. The maximum absolute atomic E-state index is 14.4. The molecule has 64 heavy (non-hydrogen) atoms. The van der Waals surface area contributed by atoms with Gasteiger partial charge in [-0.25, -0.2) is 0 Å². The maximum atomic E-state index is 14.4. The highest BCUT2D eigenvalue weighted by atomic mass is 35.5. The lowest BCUT2D eigenvalue weighted by molar-refractivity contribution is -0.191. The SMILES string of the molecule is CC(C)C(=O)c1cccc(-c2c3cc(Cl)c(=O)c(CN(Cc4ccccn4)Cc4ccccn4)c-3oc3c(CN(Cc4ccccn4)Cc4ccccn4)c(O)c(Cl)cc23)c1.O=C=O. The number of carbonyl (C=O) groups excluding carboxylic acids is 3. The van der Waals surface area contributed by atoms with E-state index in [1.54, 1.807) is 43.0 Å². The molecule has 5 heterocycles. The van der Waals surface area contributed by atoms with Crippen molar-refractivity contribution in [1.82, 2.24) is 29.7 Å². The van der Waals surface area contributed by atoms with Gasteiger partial charge in [-0.15, -0.1) is 0 Å². The van der Waals surface area contributed by atoms with E-state index in [1.807, 2.05) is 105 Å². The van der Waals surface area contributed by atoms with Crippen LogP contribution >= 0.6 is 23.2 Å². The number of halogens is 2. The summed E-state index contributed by atoms with van der Waals surface area (Å²) in [6, 6.07) is 33.6. The number of hydrogen-bond donors (Lipinski definition) is 1. The molecule has 12 nitrogen and oxygen atoms in total. The minimum Gasteiger partial charge on any atom is -0.506 e. The van der Waals surface area contributed by atoms with Gasteiger partial charge in [0, 0.05) is 92.1 Å². The smallest absolute Gasteiger partial charge is 0.373 e. The summed E-state index contributed by atoms with van der Waals surface area (Å²) in [5.74, 6) is -0.144. The fraction of sp³-hybridized carbons (Fsp3) is 0.180. The molecule has 8 rings (SSSR count). The summed E-state index contributed by atoms with van der Waals surface area (Å²) < 4.78 is 7.00. The van der Waals surface area contributed by atoms with Crippen LogP contribution in [0.5, 0.6) is 5.75 Å². The number of carbonyl (C=O) groups is 1. The van der Waals surface area contributed by atoms with Crippen molar-refractivity contribution in [1.29, 1.82) is 0 Å². The quantitative estimate of drug-likeness (QED) is 0.0768. The van der Waals surface area contributed by atoms with E-state index in [0.717, 1.165) is 22.8 Å². The second-order valence-electron chi connectivity index (χ2n) is 15.3. The summed E-state index contributed by atoms with van der Waals surface area (Å²) in [5.41, 5.74) is 6.26. The van der Waals surface area contributed by atoms with Crippen molar-refractivity contribution in [3.63, 3.8) is 0 Å². The molecule has 2 aromatic carbocycles. The first kappa shape index (κ1) is 45.1. The van der Waals surface area contributed by atoms with Crippen LogP contribution in [0.4, 0.5) is 0 Å². The van der Waals surface area contributed by atoms with Crippen molar-refractivity contribution in [2.24, 2.45) is 5.92 Å².